The van der Waals surface area contributed by atoms with Gasteiger partial charge in [0.1, 0.15) is 0 Å². The monoisotopic (exact) mass is 338 g/mol. The van der Waals surface area contributed by atoms with Gasteiger partial charge in [-0.25, -0.2) is 10.4 Å². The Balaban J connectivity index is 1.66. The Hall–Kier alpha value is -3.66. The molecule has 1 heterocycles. The molecule has 0 aliphatic heterocycles. The van der Waals surface area contributed by atoms with Crippen LogP contribution in [-0.4, -0.2) is 16.2 Å². The summed E-state index contributed by atoms with van der Waals surface area (Å²) in [6.45, 7) is 0. The summed E-state index contributed by atoms with van der Waals surface area (Å²) in [6.07, 6.45) is 1.77. The second kappa shape index (κ2) is 7.49. The second-order valence-corrected chi connectivity index (χ2v) is 5.82. The fraction of sp³-hybridized carbons (Fsp3) is 0. The van der Waals surface area contributed by atoms with Crippen molar-refractivity contribution in [1.82, 2.24) is 9.97 Å². The lowest BCUT2D eigenvalue weighted by atomic mass is 10.1. The van der Waals surface area contributed by atoms with Gasteiger partial charge in [-0.3, -0.25) is 0 Å². The van der Waals surface area contributed by atoms with E-state index in [1.807, 2.05) is 66.7 Å². The highest BCUT2D eigenvalue weighted by Crippen LogP contribution is 2.31. The highest BCUT2D eigenvalue weighted by atomic mass is 15.4. The maximum Gasteiger partial charge on any atom is 0.222 e. The minimum Gasteiger partial charge on any atom is -0.322 e. The first-order valence-electron chi connectivity index (χ1n) is 8.45. The van der Waals surface area contributed by atoms with Gasteiger partial charge in [0.15, 0.2) is 0 Å². The van der Waals surface area contributed by atoms with E-state index in [1.54, 1.807) is 6.21 Å². The van der Waals surface area contributed by atoms with Crippen LogP contribution in [0.3, 0.4) is 0 Å². The van der Waals surface area contributed by atoms with Crippen molar-refractivity contribution >= 4 is 12.2 Å². The minimum absolute atomic E-state index is 0.606. The lowest BCUT2D eigenvalue weighted by Gasteiger charge is -2.02. The van der Waals surface area contributed by atoms with Crippen LogP contribution in [0.15, 0.2) is 96.1 Å². The van der Waals surface area contributed by atoms with E-state index in [1.165, 1.54) is 0 Å². The summed E-state index contributed by atoms with van der Waals surface area (Å²) in [5.41, 5.74) is 8.03. The third kappa shape index (κ3) is 3.54. The molecule has 4 nitrogen and oxygen atoms in total. The molecule has 0 saturated carbocycles. The van der Waals surface area contributed by atoms with Crippen LogP contribution in [0, 0.1) is 0 Å². The van der Waals surface area contributed by atoms with Crippen LogP contribution in [-0.2, 0) is 0 Å². The normalized spacial score (nSPS) is 10.9. The third-order valence-corrected chi connectivity index (χ3v) is 4.00. The molecule has 0 saturated heterocycles. The van der Waals surface area contributed by atoms with Gasteiger partial charge in [-0.15, -0.1) is 0 Å². The van der Waals surface area contributed by atoms with Crippen molar-refractivity contribution in [2.75, 3.05) is 5.43 Å². The lowest BCUT2D eigenvalue weighted by molar-refractivity contribution is 1.20. The quantitative estimate of drug-likeness (QED) is 0.389. The zero-order valence-corrected chi connectivity index (χ0v) is 14.1. The van der Waals surface area contributed by atoms with Crippen molar-refractivity contribution in [2.45, 2.75) is 0 Å². The molecule has 126 valence electrons. The van der Waals surface area contributed by atoms with Gasteiger partial charge in [0.05, 0.1) is 17.6 Å². The van der Waals surface area contributed by atoms with Crippen molar-refractivity contribution in [2.24, 2.45) is 5.10 Å². The molecule has 3 aromatic carbocycles. The number of imidazole rings is 1. The van der Waals surface area contributed by atoms with E-state index in [0.717, 1.165) is 28.1 Å². The first-order valence-corrected chi connectivity index (χ1v) is 8.45. The number of nitrogens with one attached hydrogen (secondary N) is 2. The molecular weight excluding hydrogens is 320 g/mol. The van der Waals surface area contributed by atoms with E-state index in [2.05, 4.69) is 39.8 Å². The van der Waals surface area contributed by atoms with Crippen molar-refractivity contribution < 1.29 is 0 Å². The van der Waals surface area contributed by atoms with Crippen molar-refractivity contribution in [1.29, 1.82) is 0 Å². The molecule has 1 aromatic heterocycles. The van der Waals surface area contributed by atoms with E-state index in [-0.39, 0.29) is 0 Å². The average molecular weight is 338 g/mol. The van der Waals surface area contributed by atoms with Crippen molar-refractivity contribution in [3.05, 3.63) is 96.6 Å². The molecular formula is C22H18N4. The summed E-state index contributed by atoms with van der Waals surface area (Å²) < 4.78 is 0. The SMILES string of the molecule is C(=N\Nc1nc(-c2ccccc2)c(-c2ccccc2)[nH]1)/c1ccccc1. The highest BCUT2D eigenvalue weighted by molar-refractivity contribution is 5.81. The topological polar surface area (TPSA) is 53.1 Å². The molecule has 0 bridgehead atoms. The largest absolute Gasteiger partial charge is 0.322 e. The molecule has 26 heavy (non-hydrogen) atoms. The van der Waals surface area contributed by atoms with Crippen molar-refractivity contribution in [3.8, 4) is 22.5 Å². The van der Waals surface area contributed by atoms with E-state index in [9.17, 15) is 0 Å². The standard InChI is InChI=1S/C22H18N4/c1-4-10-17(11-5-1)16-23-26-22-24-20(18-12-6-2-7-13-18)21(25-22)19-14-8-3-9-15-19/h1-16H,(H2,24,25,26)/b23-16+. The van der Waals surface area contributed by atoms with Gasteiger partial charge >= 0.3 is 0 Å². The number of aromatic nitrogens is 2. The number of hydrazone groups is 1. The van der Waals surface area contributed by atoms with Gasteiger partial charge in [0, 0.05) is 11.1 Å². The van der Waals surface area contributed by atoms with Gasteiger partial charge in [0.25, 0.3) is 0 Å². The van der Waals surface area contributed by atoms with Crippen LogP contribution in [0.1, 0.15) is 5.56 Å². The number of aromatic amines is 1. The summed E-state index contributed by atoms with van der Waals surface area (Å²) in [7, 11) is 0. The molecule has 0 fully saturated rings. The third-order valence-electron chi connectivity index (χ3n) is 4.00. The Morgan fingerprint density at radius 1 is 0.731 bits per heavy atom. The second-order valence-electron chi connectivity index (χ2n) is 5.82. The number of H-pyrrole nitrogens is 1. The molecule has 0 amide bonds. The molecule has 0 aliphatic carbocycles. The molecule has 0 unspecified atom stereocenters. The number of hydrogen-bond acceptors (Lipinski definition) is 3. The zero-order valence-electron chi connectivity index (χ0n) is 14.1. The van der Waals surface area contributed by atoms with E-state index in [4.69, 9.17) is 4.98 Å². The fourth-order valence-corrected chi connectivity index (χ4v) is 2.75. The lowest BCUT2D eigenvalue weighted by Crippen LogP contribution is -1.92. The summed E-state index contributed by atoms with van der Waals surface area (Å²) >= 11 is 0. The summed E-state index contributed by atoms with van der Waals surface area (Å²) in [5.74, 6) is 0.606. The van der Waals surface area contributed by atoms with Crippen LogP contribution in [0.2, 0.25) is 0 Å². The summed E-state index contributed by atoms with van der Waals surface area (Å²) in [6, 6.07) is 30.3. The predicted molar refractivity (Wildman–Crippen MR) is 107 cm³/mol. The van der Waals surface area contributed by atoms with E-state index in [0.29, 0.717) is 5.95 Å². The molecule has 0 spiro atoms. The number of rotatable bonds is 5. The Morgan fingerprint density at radius 3 is 1.96 bits per heavy atom. The summed E-state index contributed by atoms with van der Waals surface area (Å²) in [5, 5.41) is 4.28. The first-order chi connectivity index (χ1) is 12.9. The van der Waals surface area contributed by atoms with E-state index < -0.39 is 0 Å². The summed E-state index contributed by atoms with van der Waals surface area (Å²) in [4.78, 5) is 8.05. The molecule has 4 heteroatoms. The Kier molecular flexibility index (Phi) is 4.56. The minimum atomic E-state index is 0.606. The zero-order chi connectivity index (χ0) is 17.6. The first kappa shape index (κ1) is 15.8. The highest BCUT2D eigenvalue weighted by Gasteiger charge is 2.13. The van der Waals surface area contributed by atoms with Gasteiger partial charge in [-0.05, 0) is 5.56 Å². The average Bonchev–Trinajstić information content (AvgIpc) is 3.14. The van der Waals surface area contributed by atoms with Crippen LogP contribution < -0.4 is 5.43 Å². The maximum atomic E-state index is 4.71. The molecule has 2 N–H and O–H groups in total. The number of hydrogen-bond donors (Lipinski definition) is 2. The Morgan fingerprint density at radius 2 is 1.31 bits per heavy atom. The molecule has 0 radical (unpaired) electrons. The van der Waals surface area contributed by atoms with Gasteiger partial charge in [0.2, 0.25) is 5.95 Å². The Bertz CT molecular complexity index is 933. The molecule has 4 rings (SSSR count). The number of benzene rings is 3. The van der Waals surface area contributed by atoms with Crippen LogP contribution in [0.25, 0.3) is 22.5 Å². The smallest absolute Gasteiger partial charge is 0.222 e. The van der Waals surface area contributed by atoms with Gasteiger partial charge in [-0.2, -0.15) is 5.10 Å². The number of nitrogens with zero attached hydrogens (tertiary/aromatic N) is 2. The van der Waals surface area contributed by atoms with Crippen molar-refractivity contribution in [3.63, 3.8) is 0 Å². The molecule has 0 aliphatic rings. The molecule has 4 aromatic rings. The Labute approximate surface area is 152 Å². The predicted octanol–water partition coefficient (Wildman–Crippen LogP) is 5.19. The fourth-order valence-electron chi connectivity index (χ4n) is 2.75. The van der Waals surface area contributed by atoms with Crippen LogP contribution in [0.5, 0.6) is 0 Å². The van der Waals surface area contributed by atoms with E-state index >= 15 is 0 Å². The van der Waals surface area contributed by atoms with Gasteiger partial charge < -0.3 is 4.98 Å². The van der Waals surface area contributed by atoms with Crippen LogP contribution in [0.4, 0.5) is 5.95 Å². The van der Waals surface area contributed by atoms with Crippen LogP contribution >= 0.6 is 0 Å². The maximum absolute atomic E-state index is 4.71. The molecule has 0 atom stereocenters. The number of anilines is 1. The van der Waals surface area contributed by atoms with Gasteiger partial charge in [-0.1, -0.05) is 91.0 Å².